The fourth-order valence-corrected chi connectivity index (χ4v) is 2.53. The number of aliphatic carboxylic acids is 1. The van der Waals surface area contributed by atoms with Crippen LogP contribution >= 0.6 is 0 Å². The van der Waals surface area contributed by atoms with Gasteiger partial charge in [0, 0.05) is 25.2 Å². The molecule has 0 bridgehead atoms. The van der Waals surface area contributed by atoms with Crippen molar-refractivity contribution in [2.24, 2.45) is 0 Å². The number of hydrogen-bond donors (Lipinski definition) is 2. The average Bonchev–Trinajstić information content (AvgIpc) is 2.68. The molecule has 0 unspecified atom stereocenters. The van der Waals surface area contributed by atoms with Crippen molar-refractivity contribution in [1.29, 1.82) is 0 Å². The van der Waals surface area contributed by atoms with Crippen LogP contribution in [0.2, 0.25) is 0 Å². The topological polar surface area (TPSA) is 154 Å². The van der Waals surface area contributed by atoms with Gasteiger partial charge in [-0.05, 0) is 12.5 Å². The summed E-state index contributed by atoms with van der Waals surface area (Å²) < 4.78 is 14.7. The molecule has 0 saturated carbocycles. The van der Waals surface area contributed by atoms with Gasteiger partial charge in [0.15, 0.2) is 0 Å². The fourth-order valence-electron chi connectivity index (χ4n) is 2.53. The quantitative estimate of drug-likeness (QED) is 0.208. The predicted molar refractivity (Wildman–Crippen MR) is 99.3 cm³/mol. The minimum absolute atomic E-state index is 0.100. The third-order valence-corrected chi connectivity index (χ3v) is 3.87. The van der Waals surface area contributed by atoms with E-state index in [1.54, 1.807) is 6.92 Å². The number of carboxylic acid groups (broad SMARTS) is 1. The fraction of sp³-hybridized carbons (Fsp3) is 0.500. The highest BCUT2D eigenvalue weighted by Crippen LogP contribution is 2.27. The van der Waals surface area contributed by atoms with Crippen LogP contribution in [0.1, 0.15) is 24.8 Å². The normalized spacial score (nSPS) is 12.6. The van der Waals surface area contributed by atoms with Crippen molar-refractivity contribution < 1.29 is 38.6 Å². The first-order chi connectivity index (χ1) is 13.8. The maximum Gasteiger partial charge on any atom is 0.326 e. The van der Waals surface area contributed by atoms with E-state index in [0.717, 1.165) is 0 Å². The van der Waals surface area contributed by atoms with Gasteiger partial charge >= 0.3 is 11.9 Å². The number of non-ortho nitro benzene ring substituents is 1. The number of benzene rings is 1. The molecular formula is C18H24N2O9. The molecule has 0 radical (unpaired) electrons. The van der Waals surface area contributed by atoms with E-state index in [4.69, 9.17) is 14.2 Å². The highest BCUT2D eigenvalue weighted by atomic mass is 16.6. The van der Waals surface area contributed by atoms with Crippen LogP contribution in [0.15, 0.2) is 24.3 Å². The van der Waals surface area contributed by atoms with E-state index < -0.39 is 34.7 Å². The van der Waals surface area contributed by atoms with Gasteiger partial charge in [0.2, 0.25) is 5.91 Å². The van der Waals surface area contributed by atoms with Crippen molar-refractivity contribution in [2.75, 3.05) is 33.5 Å². The predicted octanol–water partition coefficient (Wildman–Crippen LogP) is 0.864. The van der Waals surface area contributed by atoms with Crippen molar-refractivity contribution in [1.82, 2.24) is 5.32 Å². The van der Waals surface area contributed by atoms with Crippen molar-refractivity contribution in [3.05, 3.63) is 39.9 Å². The lowest BCUT2D eigenvalue weighted by atomic mass is 9.88. The van der Waals surface area contributed by atoms with Crippen LogP contribution in [-0.4, -0.2) is 67.5 Å². The Bertz CT molecular complexity index is 706. The van der Waals surface area contributed by atoms with Gasteiger partial charge in [-0.3, -0.25) is 19.7 Å². The largest absolute Gasteiger partial charge is 0.480 e. The van der Waals surface area contributed by atoms with E-state index in [2.05, 4.69) is 5.32 Å². The van der Waals surface area contributed by atoms with Crippen molar-refractivity contribution in [2.45, 2.75) is 25.3 Å². The first kappa shape index (κ1) is 24.0. The summed E-state index contributed by atoms with van der Waals surface area (Å²) in [5.74, 6) is -3.73. The minimum atomic E-state index is -1.47. The third kappa shape index (κ3) is 8.23. The zero-order valence-electron chi connectivity index (χ0n) is 16.2. The average molecular weight is 412 g/mol. The van der Waals surface area contributed by atoms with E-state index >= 15 is 0 Å². The van der Waals surface area contributed by atoms with Crippen LogP contribution in [0, 0.1) is 10.1 Å². The number of rotatable bonds is 13. The van der Waals surface area contributed by atoms with E-state index in [-0.39, 0.29) is 38.5 Å². The number of amides is 1. The van der Waals surface area contributed by atoms with Crippen LogP contribution in [0.5, 0.6) is 0 Å². The van der Waals surface area contributed by atoms with Gasteiger partial charge in [-0.15, -0.1) is 0 Å². The number of nitro benzene ring substituents is 1. The lowest BCUT2D eigenvalue weighted by molar-refractivity contribution is -0.384. The number of carbonyl (C=O) groups is 3. The van der Waals surface area contributed by atoms with Crippen LogP contribution in [0.3, 0.4) is 0 Å². The second-order valence-corrected chi connectivity index (χ2v) is 5.89. The standard InChI is InChI=1S/C18H24N2O9/c1-3-29-16(22)10-14(12-4-6-13(7-5-12)20(25)26)17(18(23)24)19-15(21)11-28-9-8-27-2/h4-7,14,17H,3,8-11H2,1-2H3,(H,19,21)(H,23,24)/t14-,17+/m0/s1. The molecule has 1 rings (SSSR count). The zero-order chi connectivity index (χ0) is 21.8. The first-order valence-electron chi connectivity index (χ1n) is 8.78. The number of nitro groups is 1. The summed E-state index contributed by atoms with van der Waals surface area (Å²) in [4.78, 5) is 46.1. The Morgan fingerprint density at radius 3 is 2.38 bits per heavy atom. The maximum atomic E-state index is 12.1. The smallest absolute Gasteiger partial charge is 0.326 e. The van der Waals surface area contributed by atoms with Gasteiger partial charge in [0.25, 0.3) is 5.69 Å². The van der Waals surface area contributed by atoms with Gasteiger partial charge in [-0.25, -0.2) is 4.79 Å². The molecule has 0 aliphatic rings. The Morgan fingerprint density at radius 1 is 1.21 bits per heavy atom. The molecule has 2 atom stereocenters. The Morgan fingerprint density at radius 2 is 1.86 bits per heavy atom. The van der Waals surface area contributed by atoms with E-state index in [1.165, 1.54) is 31.4 Å². The molecule has 0 aliphatic carbocycles. The van der Waals surface area contributed by atoms with Gasteiger partial charge in [-0.2, -0.15) is 0 Å². The lowest BCUT2D eigenvalue weighted by Crippen LogP contribution is -2.47. The number of carbonyl (C=O) groups excluding carboxylic acids is 2. The summed E-state index contributed by atoms with van der Waals surface area (Å²) >= 11 is 0. The summed E-state index contributed by atoms with van der Waals surface area (Å²) in [6.45, 7) is 1.73. The number of nitrogens with one attached hydrogen (secondary N) is 1. The lowest BCUT2D eigenvalue weighted by Gasteiger charge is -2.24. The molecule has 0 aromatic heterocycles. The second-order valence-electron chi connectivity index (χ2n) is 5.89. The molecule has 0 heterocycles. The van der Waals surface area contributed by atoms with Crippen LogP contribution in [0.25, 0.3) is 0 Å². The van der Waals surface area contributed by atoms with Crippen LogP contribution < -0.4 is 5.32 Å². The Labute approximate surface area is 167 Å². The summed E-state index contributed by atoms with van der Waals surface area (Å²) in [7, 11) is 1.47. The van der Waals surface area contributed by atoms with Gasteiger partial charge in [0.1, 0.15) is 12.6 Å². The number of methoxy groups -OCH3 is 1. The first-order valence-corrected chi connectivity index (χ1v) is 8.78. The summed E-state index contributed by atoms with van der Waals surface area (Å²) in [6.07, 6.45) is -0.340. The Kier molecular flexibility index (Phi) is 10.3. The van der Waals surface area contributed by atoms with Gasteiger partial charge in [0.05, 0.1) is 31.2 Å². The van der Waals surface area contributed by atoms with E-state index in [0.29, 0.717) is 5.56 Å². The third-order valence-electron chi connectivity index (χ3n) is 3.87. The molecule has 1 aromatic rings. The molecule has 1 amide bonds. The van der Waals surface area contributed by atoms with Crippen molar-refractivity contribution in [3.8, 4) is 0 Å². The van der Waals surface area contributed by atoms with E-state index in [9.17, 15) is 29.6 Å². The van der Waals surface area contributed by atoms with E-state index in [1.807, 2.05) is 0 Å². The number of ether oxygens (including phenoxy) is 3. The number of hydrogen-bond acceptors (Lipinski definition) is 8. The molecule has 11 heteroatoms. The molecule has 160 valence electrons. The van der Waals surface area contributed by atoms with Crippen molar-refractivity contribution in [3.63, 3.8) is 0 Å². The van der Waals surface area contributed by atoms with Crippen molar-refractivity contribution >= 4 is 23.5 Å². The maximum absolute atomic E-state index is 12.1. The minimum Gasteiger partial charge on any atom is -0.480 e. The molecular weight excluding hydrogens is 388 g/mol. The summed E-state index contributed by atoms with van der Waals surface area (Å²) in [5, 5.41) is 22.8. The summed E-state index contributed by atoms with van der Waals surface area (Å²) in [5.41, 5.74) is 0.141. The highest BCUT2D eigenvalue weighted by molar-refractivity contribution is 5.86. The Hall–Kier alpha value is -3.05. The zero-order valence-corrected chi connectivity index (χ0v) is 16.2. The second kappa shape index (κ2) is 12.4. The Balaban J connectivity index is 3.04. The molecule has 0 spiro atoms. The van der Waals surface area contributed by atoms with Gasteiger partial charge in [-0.1, -0.05) is 12.1 Å². The monoisotopic (exact) mass is 412 g/mol. The van der Waals surface area contributed by atoms with Gasteiger partial charge < -0.3 is 24.6 Å². The molecule has 0 fully saturated rings. The number of nitrogens with zero attached hydrogens (tertiary/aromatic N) is 1. The number of esters is 1. The summed E-state index contributed by atoms with van der Waals surface area (Å²) in [6, 6.07) is 3.61. The van der Waals surface area contributed by atoms with Crippen LogP contribution in [0.4, 0.5) is 5.69 Å². The molecule has 0 aliphatic heterocycles. The molecule has 11 nitrogen and oxygen atoms in total. The SMILES string of the molecule is CCOC(=O)C[C@@H](c1ccc([N+](=O)[O-])cc1)[C@@H](NC(=O)COCCOC)C(=O)O. The highest BCUT2D eigenvalue weighted by Gasteiger charge is 2.33. The molecule has 29 heavy (non-hydrogen) atoms. The molecule has 2 N–H and O–H groups in total. The molecule has 0 saturated heterocycles. The number of carboxylic acids is 1. The molecule has 1 aromatic carbocycles. The van der Waals surface area contributed by atoms with Crippen LogP contribution in [-0.2, 0) is 28.6 Å².